The van der Waals surface area contributed by atoms with E-state index in [1.165, 1.54) is 0 Å². The second kappa shape index (κ2) is 6.33. The van der Waals surface area contributed by atoms with Gasteiger partial charge in [0, 0.05) is 6.42 Å². The van der Waals surface area contributed by atoms with Gasteiger partial charge < -0.3 is 21.3 Å². The van der Waals surface area contributed by atoms with Gasteiger partial charge in [-0.1, -0.05) is 6.92 Å². The lowest BCUT2D eigenvalue weighted by Crippen LogP contribution is -2.44. The summed E-state index contributed by atoms with van der Waals surface area (Å²) in [6, 6.07) is -1.23. The fourth-order valence-corrected chi connectivity index (χ4v) is 0.839. The summed E-state index contributed by atoms with van der Waals surface area (Å²) in [6.07, 6.45) is 0.167. The maximum absolute atomic E-state index is 11.1. The van der Waals surface area contributed by atoms with Crippen molar-refractivity contribution >= 4 is 11.9 Å². The Kier molecular flexibility index (Phi) is 5.82. The van der Waals surface area contributed by atoms with Gasteiger partial charge in [-0.2, -0.15) is 0 Å². The average molecular weight is 204 g/mol. The van der Waals surface area contributed by atoms with Crippen LogP contribution in [0.5, 0.6) is 0 Å². The van der Waals surface area contributed by atoms with Gasteiger partial charge in [-0.15, -0.1) is 0 Å². The summed E-state index contributed by atoms with van der Waals surface area (Å²) >= 11 is 0. The monoisotopic (exact) mass is 204 g/mol. The molecular formula is C8H16N2O4. The third-order valence-electron chi connectivity index (χ3n) is 1.75. The van der Waals surface area contributed by atoms with Crippen molar-refractivity contribution in [3.05, 3.63) is 0 Å². The lowest BCUT2D eigenvalue weighted by atomic mass is 10.1. The summed E-state index contributed by atoms with van der Waals surface area (Å²) in [5.41, 5.74) is 5.30. The van der Waals surface area contributed by atoms with Crippen LogP contribution in [0.2, 0.25) is 0 Å². The first-order valence-electron chi connectivity index (χ1n) is 4.34. The quantitative estimate of drug-likeness (QED) is 0.422. The predicted molar refractivity (Wildman–Crippen MR) is 49.5 cm³/mol. The average Bonchev–Trinajstić information content (AvgIpc) is 2.13. The minimum absolute atomic E-state index is 0.00291. The largest absolute Gasteiger partial charge is 0.480 e. The van der Waals surface area contributed by atoms with Crippen LogP contribution in [0.4, 0.5) is 0 Å². The summed E-state index contributed by atoms with van der Waals surface area (Å²) in [4.78, 5) is 21.6. The molecule has 0 aliphatic heterocycles. The zero-order chi connectivity index (χ0) is 11.1. The molecule has 2 unspecified atom stereocenters. The molecule has 0 aliphatic rings. The van der Waals surface area contributed by atoms with Crippen molar-refractivity contribution in [2.75, 3.05) is 13.2 Å². The molecule has 0 spiro atoms. The molecule has 14 heavy (non-hydrogen) atoms. The molecule has 5 N–H and O–H groups in total. The highest BCUT2D eigenvalue weighted by atomic mass is 16.4. The lowest BCUT2D eigenvalue weighted by molar-refractivity contribution is -0.143. The van der Waals surface area contributed by atoms with Crippen LogP contribution in [-0.2, 0) is 9.59 Å². The second-order valence-electron chi connectivity index (χ2n) is 3.19. The SMILES string of the molecule is CC(CN)CC(=O)NC(CO)C(=O)O. The van der Waals surface area contributed by atoms with Gasteiger partial charge >= 0.3 is 5.97 Å². The van der Waals surface area contributed by atoms with Gasteiger partial charge in [0.05, 0.1) is 6.61 Å². The Morgan fingerprint density at radius 2 is 2.07 bits per heavy atom. The molecular weight excluding hydrogens is 188 g/mol. The van der Waals surface area contributed by atoms with E-state index in [-0.39, 0.29) is 12.3 Å². The molecule has 0 heterocycles. The molecule has 0 aromatic rings. The summed E-state index contributed by atoms with van der Waals surface area (Å²) in [5.74, 6) is -1.66. The van der Waals surface area contributed by atoms with Gasteiger partial charge in [-0.3, -0.25) is 4.79 Å². The van der Waals surface area contributed by atoms with E-state index in [9.17, 15) is 9.59 Å². The smallest absolute Gasteiger partial charge is 0.328 e. The van der Waals surface area contributed by atoms with Crippen molar-refractivity contribution < 1.29 is 19.8 Å². The number of rotatable bonds is 6. The highest BCUT2D eigenvalue weighted by Gasteiger charge is 2.19. The zero-order valence-corrected chi connectivity index (χ0v) is 8.06. The molecule has 82 valence electrons. The fraction of sp³-hybridized carbons (Fsp3) is 0.750. The lowest BCUT2D eigenvalue weighted by Gasteiger charge is -2.13. The van der Waals surface area contributed by atoms with Crippen LogP contribution in [0.15, 0.2) is 0 Å². The van der Waals surface area contributed by atoms with E-state index in [2.05, 4.69) is 5.32 Å². The molecule has 0 aromatic carbocycles. The maximum Gasteiger partial charge on any atom is 0.328 e. The first-order valence-corrected chi connectivity index (χ1v) is 4.34. The molecule has 0 aromatic heterocycles. The maximum atomic E-state index is 11.1. The number of aliphatic hydroxyl groups is 1. The molecule has 2 atom stereocenters. The summed E-state index contributed by atoms with van der Waals surface area (Å²) in [6.45, 7) is 1.54. The highest BCUT2D eigenvalue weighted by Crippen LogP contribution is 1.98. The number of aliphatic carboxylic acids is 1. The Morgan fingerprint density at radius 1 is 1.50 bits per heavy atom. The van der Waals surface area contributed by atoms with Crippen molar-refractivity contribution in [1.82, 2.24) is 5.32 Å². The van der Waals surface area contributed by atoms with Crippen LogP contribution >= 0.6 is 0 Å². The topological polar surface area (TPSA) is 113 Å². The molecule has 0 bridgehead atoms. The number of hydrogen-bond acceptors (Lipinski definition) is 4. The van der Waals surface area contributed by atoms with Crippen LogP contribution in [0.3, 0.4) is 0 Å². The van der Waals surface area contributed by atoms with E-state index in [0.29, 0.717) is 6.54 Å². The number of amides is 1. The van der Waals surface area contributed by atoms with Crippen molar-refractivity contribution in [3.63, 3.8) is 0 Å². The van der Waals surface area contributed by atoms with Gasteiger partial charge in [0.1, 0.15) is 6.04 Å². The van der Waals surface area contributed by atoms with Crippen molar-refractivity contribution in [2.24, 2.45) is 11.7 Å². The molecule has 0 saturated heterocycles. The molecule has 6 nitrogen and oxygen atoms in total. The first kappa shape index (κ1) is 12.9. The Hall–Kier alpha value is -1.14. The first-order chi connectivity index (χ1) is 6.51. The van der Waals surface area contributed by atoms with Crippen molar-refractivity contribution in [1.29, 1.82) is 0 Å². The zero-order valence-electron chi connectivity index (χ0n) is 8.06. The molecule has 0 aliphatic carbocycles. The number of carboxylic acids is 1. The van der Waals surface area contributed by atoms with E-state index in [1.54, 1.807) is 6.92 Å². The normalized spacial score (nSPS) is 14.5. The number of carbonyl (C=O) groups is 2. The molecule has 6 heteroatoms. The number of carbonyl (C=O) groups excluding carboxylic acids is 1. The molecule has 0 fully saturated rings. The highest BCUT2D eigenvalue weighted by molar-refractivity contribution is 5.83. The standard InChI is InChI=1S/C8H16N2O4/c1-5(3-9)2-7(12)10-6(4-11)8(13)14/h5-6,11H,2-4,9H2,1H3,(H,10,12)(H,13,14). The van der Waals surface area contributed by atoms with Gasteiger partial charge in [0.25, 0.3) is 0 Å². The number of nitrogens with one attached hydrogen (secondary N) is 1. The predicted octanol–water partition coefficient (Wildman–Crippen LogP) is -1.47. The van der Waals surface area contributed by atoms with Gasteiger partial charge in [-0.25, -0.2) is 4.79 Å². The molecule has 1 amide bonds. The minimum Gasteiger partial charge on any atom is -0.480 e. The van der Waals surface area contributed by atoms with Gasteiger partial charge in [-0.05, 0) is 12.5 Å². The molecule has 0 radical (unpaired) electrons. The van der Waals surface area contributed by atoms with Crippen molar-refractivity contribution in [2.45, 2.75) is 19.4 Å². The number of nitrogens with two attached hydrogens (primary N) is 1. The summed E-state index contributed by atoms with van der Waals surface area (Å²) < 4.78 is 0. The Labute approximate surface area is 82.1 Å². The third-order valence-corrected chi connectivity index (χ3v) is 1.75. The second-order valence-corrected chi connectivity index (χ2v) is 3.19. The number of aliphatic hydroxyl groups excluding tert-OH is 1. The van der Waals surface area contributed by atoms with Crippen LogP contribution in [-0.4, -0.2) is 41.3 Å². The van der Waals surface area contributed by atoms with Crippen LogP contribution in [0.1, 0.15) is 13.3 Å². The molecule has 0 saturated carbocycles. The van der Waals surface area contributed by atoms with Crippen LogP contribution < -0.4 is 11.1 Å². The number of carboxylic acid groups (broad SMARTS) is 1. The van der Waals surface area contributed by atoms with Gasteiger partial charge in [0.15, 0.2) is 0 Å². The van der Waals surface area contributed by atoms with E-state index < -0.39 is 24.5 Å². The van der Waals surface area contributed by atoms with E-state index in [4.69, 9.17) is 15.9 Å². The van der Waals surface area contributed by atoms with Crippen molar-refractivity contribution in [3.8, 4) is 0 Å². The van der Waals surface area contributed by atoms with Crippen LogP contribution in [0.25, 0.3) is 0 Å². The van der Waals surface area contributed by atoms with E-state index in [0.717, 1.165) is 0 Å². The van der Waals surface area contributed by atoms with Gasteiger partial charge in [0.2, 0.25) is 5.91 Å². The summed E-state index contributed by atoms with van der Waals surface area (Å²) in [7, 11) is 0. The molecule has 0 rings (SSSR count). The Bertz CT molecular complexity index is 208. The van der Waals surface area contributed by atoms with Crippen LogP contribution in [0, 0.1) is 5.92 Å². The Morgan fingerprint density at radius 3 is 2.43 bits per heavy atom. The van der Waals surface area contributed by atoms with E-state index in [1.807, 2.05) is 0 Å². The minimum atomic E-state index is -1.25. The van der Waals surface area contributed by atoms with E-state index >= 15 is 0 Å². The Balaban J connectivity index is 3.97. The fourth-order valence-electron chi connectivity index (χ4n) is 0.839. The number of hydrogen-bond donors (Lipinski definition) is 4. The summed E-state index contributed by atoms with van der Waals surface area (Å²) in [5, 5.41) is 19.3. The third kappa shape index (κ3) is 4.78.